The largest absolute Gasteiger partial charge is 0.392 e. The molecule has 0 amide bonds. The Hall–Kier alpha value is -0.880. The summed E-state index contributed by atoms with van der Waals surface area (Å²) in [4.78, 5) is 12.2. The van der Waals surface area contributed by atoms with E-state index >= 15 is 0 Å². The number of aliphatic hydroxyl groups is 1. The first-order chi connectivity index (χ1) is 8.58. The normalized spacial score (nSPS) is 17.3. The molecule has 1 aliphatic carbocycles. The van der Waals surface area contributed by atoms with Crippen LogP contribution in [0.25, 0.3) is 0 Å². The van der Waals surface area contributed by atoms with E-state index < -0.39 is 6.10 Å². The van der Waals surface area contributed by atoms with Gasteiger partial charge in [0.15, 0.2) is 0 Å². The molecule has 1 aliphatic rings. The molecule has 1 unspecified atom stereocenters. The van der Waals surface area contributed by atoms with Crippen molar-refractivity contribution in [2.75, 3.05) is 11.9 Å². The SMILES string of the molecule is CC(O)CNc1c(Br)cnn(CC2CCC2)c1=O. The van der Waals surface area contributed by atoms with Crippen LogP contribution < -0.4 is 10.9 Å². The Morgan fingerprint density at radius 3 is 2.94 bits per heavy atom. The molecule has 1 fully saturated rings. The van der Waals surface area contributed by atoms with E-state index in [0.29, 0.717) is 29.2 Å². The molecule has 100 valence electrons. The Kier molecular flexibility index (Phi) is 4.40. The van der Waals surface area contributed by atoms with Crippen molar-refractivity contribution in [2.24, 2.45) is 5.92 Å². The molecule has 1 heterocycles. The van der Waals surface area contributed by atoms with Crippen molar-refractivity contribution in [1.29, 1.82) is 0 Å². The Bertz CT molecular complexity index is 469. The van der Waals surface area contributed by atoms with Crippen LogP contribution in [0.15, 0.2) is 15.5 Å². The van der Waals surface area contributed by atoms with Gasteiger partial charge in [-0.3, -0.25) is 4.79 Å². The first-order valence-corrected chi connectivity index (χ1v) is 7.04. The van der Waals surface area contributed by atoms with Crippen LogP contribution in [0.4, 0.5) is 5.69 Å². The molecule has 0 bridgehead atoms. The van der Waals surface area contributed by atoms with Crippen LogP contribution in [0.5, 0.6) is 0 Å². The third-order valence-corrected chi connectivity index (χ3v) is 3.83. The van der Waals surface area contributed by atoms with Crippen LogP contribution in [0.2, 0.25) is 0 Å². The summed E-state index contributed by atoms with van der Waals surface area (Å²) in [5, 5.41) is 16.4. The van der Waals surface area contributed by atoms with E-state index in [1.165, 1.54) is 23.9 Å². The molecule has 1 saturated carbocycles. The minimum atomic E-state index is -0.496. The van der Waals surface area contributed by atoms with Gasteiger partial charge in [-0.05, 0) is 41.6 Å². The predicted molar refractivity (Wildman–Crippen MR) is 73.7 cm³/mol. The Balaban J connectivity index is 2.16. The average Bonchev–Trinajstić information content (AvgIpc) is 2.25. The number of hydrogen-bond donors (Lipinski definition) is 2. The summed E-state index contributed by atoms with van der Waals surface area (Å²) < 4.78 is 2.15. The number of nitrogens with one attached hydrogen (secondary N) is 1. The zero-order chi connectivity index (χ0) is 13.1. The number of halogens is 1. The zero-order valence-corrected chi connectivity index (χ0v) is 12.0. The monoisotopic (exact) mass is 315 g/mol. The minimum Gasteiger partial charge on any atom is -0.392 e. The molecule has 1 aromatic rings. The molecule has 1 atom stereocenters. The minimum absolute atomic E-state index is 0.128. The Morgan fingerprint density at radius 2 is 2.39 bits per heavy atom. The van der Waals surface area contributed by atoms with Crippen LogP contribution in [-0.2, 0) is 6.54 Å². The Labute approximate surface area is 114 Å². The molecular weight excluding hydrogens is 298 g/mol. The van der Waals surface area contributed by atoms with Crippen molar-refractivity contribution >= 4 is 21.6 Å². The summed E-state index contributed by atoms with van der Waals surface area (Å²) >= 11 is 3.31. The summed E-state index contributed by atoms with van der Waals surface area (Å²) in [6.07, 6.45) is 4.75. The van der Waals surface area contributed by atoms with Gasteiger partial charge in [-0.15, -0.1) is 0 Å². The maximum Gasteiger partial charge on any atom is 0.291 e. The molecular formula is C12H18BrN3O2. The second-order valence-electron chi connectivity index (χ2n) is 4.88. The van der Waals surface area contributed by atoms with Crippen molar-refractivity contribution in [2.45, 2.75) is 38.8 Å². The van der Waals surface area contributed by atoms with Gasteiger partial charge >= 0.3 is 0 Å². The standard InChI is InChI=1S/C12H18BrN3O2/c1-8(17)5-14-11-10(13)6-15-16(12(11)18)7-9-3-2-4-9/h6,8-9,14,17H,2-5,7H2,1H3. The third-order valence-electron chi connectivity index (χ3n) is 3.23. The average molecular weight is 316 g/mol. The van der Waals surface area contributed by atoms with Crippen LogP contribution in [0.1, 0.15) is 26.2 Å². The number of rotatable bonds is 5. The third kappa shape index (κ3) is 3.11. The van der Waals surface area contributed by atoms with Crippen LogP contribution in [0, 0.1) is 5.92 Å². The first-order valence-electron chi connectivity index (χ1n) is 6.25. The van der Waals surface area contributed by atoms with Gasteiger partial charge in [0.05, 0.1) is 16.8 Å². The second kappa shape index (κ2) is 5.84. The fourth-order valence-electron chi connectivity index (χ4n) is 1.93. The first kappa shape index (κ1) is 13.5. The fourth-order valence-corrected chi connectivity index (χ4v) is 2.33. The highest BCUT2D eigenvalue weighted by Crippen LogP contribution is 2.27. The predicted octanol–water partition coefficient (Wildman–Crippen LogP) is 1.60. The van der Waals surface area contributed by atoms with Crippen LogP contribution in [0.3, 0.4) is 0 Å². The smallest absolute Gasteiger partial charge is 0.291 e. The quantitative estimate of drug-likeness (QED) is 0.866. The van der Waals surface area contributed by atoms with E-state index in [2.05, 4.69) is 26.3 Å². The van der Waals surface area contributed by atoms with Gasteiger partial charge in [0.25, 0.3) is 5.56 Å². The summed E-state index contributed by atoms with van der Waals surface area (Å²) in [5.74, 6) is 0.584. The molecule has 18 heavy (non-hydrogen) atoms. The van der Waals surface area contributed by atoms with E-state index in [-0.39, 0.29) is 5.56 Å². The van der Waals surface area contributed by atoms with Crippen molar-refractivity contribution in [1.82, 2.24) is 9.78 Å². The van der Waals surface area contributed by atoms with E-state index in [4.69, 9.17) is 0 Å². The van der Waals surface area contributed by atoms with Gasteiger partial charge in [-0.1, -0.05) is 6.42 Å². The van der Waals surface area contributed by atoms with Gasteiger partial charge in [0.2, 0.25) is 0 Å². The molecule has 6 heteroatoms. The summed E-state index contributed by atoms with van der Waals surface area (Å²) in [6.45, 7) is 2.71. The lowest BCUT2D eigenvalue weighted by Gasteiger charge is -2.25. The van der Waals surface area contributed by atoms with Crippen LogP contribution >= 0.6 is 15.9 Å². The molecule has 2 N–H and O–H groups in total. The fraction of sp³-hybridized carbons (Fsp3) is 0.667. The van der Waals surface area contributed by atoms with E-state index in [1.807, 2.05) is 0 Å². The maximum atomic E-state index is 12.2. The number of aromatic nitrogens is 2. The molecule has 5 nitrogen and oxygen atoms in total. The molecule has 0 aliphatic heterocycles. The van der Waals surface area contributed by atoms with Gasteiger partial charge < -0.3 is 10.4 Å². The summed E-state index contributed by atoms with van der Waals surface area (Å²) in [5.41, 5.74) is 0.349. The zero-order valence-electron chi connectivity index (χ0n) is 10.4. The second-order valence-corrected chi connectivity index (χ2v) is 5.74. The lowest BCUT2D eigenvalue weighted by molar-refractivity contribution is 0.208. The van der Waals surface area contributed by atoms with Crippen molar-refractivity contribution in [3.63, 3.8) is 0 Å². The van der Waals surface area contributed by atoms with Gasteiger partial charge in [-0.25, -0.2) is 4.68 Å². The van der Waals surface area contributed by atoms with Crippen molar-refractivity contribution in [3.05, 3.63) is 21.0 Å². The lowest BCUT2D eigenvalue weighted by atomic mass is 9.85. The summed E-state index contributed by atoms with van der Waals surface area (Å²) in [7, 11) is 0. The number of nitrogens with zero attached hydrogens (tertiary/aromatic N) is 2. The van der Waals surface area contributed by atoms with Gasteiger partial charge in [0, 0.05) is 13.1 Å². The molecule has 0 aromatic carbocycles. The topological polar surface area (TPSA) is 67.2 Å². The van der Waals surface area contributed by atoms with Crippen molar-refractivity contribution < 1.29 is 5.11 Å². The van der Waals surface area contributed by atoms with Crippen LogP contribution in [-0.4, -0.2) is 27.5 Å². The van der Waals surface area contributed by atoms with E-state index in [1.54, 1.807) is 13.1 Å². The van der Waals surface area contributed by atoms with Crippen molar-refractivity contribution in [3.8, 4) is 0 Å². The Morgan fingerprint density at radius 1 is 1.67 bits per heavy atom. The molecule has 2 rings (SSSR count). The van der Waals surface area contributed by atoms with Gasteiger partial charge in [-0.2, -0.15) is 5.10 Å². The van der Waals surface area contributed by atoms with E-state index in [0.717, 1.165) is 0 Å². The molecule has 0 saturated heterocycles. The molecule has 1 aromatic heterocycles. The van der Waals surface area contributed by atoms with E-state index in [9.17, 15) is 9.90 Å². The highest BCUT2D eigenvalue weighted by Gasteiger charge is 2.20. The number of aliphatic hydroxyl groups excluding tert-OH is 1. The molecule has 0 spiro atoms. The number of anilines is 1. The summed E-state index contributed by atoms with van der Waals surface area (Å²) in [6, 6.07) is 0. The lowest BCUT2D eigenvalue weighted by Crippen LogP contribution is -2.32. The number of hydrogen-bond acceptors (Lipinski definition) is 4. The highest BCUT2D eigenvalue weighted by molar-refractivity contribution is 9.10. The highest BCUT2D eigenvalue weighted by atomic mass is 79.9. The molecule has 0 radical (unpaired) electrons. The van der Waals surface area contributed by atoms with Gasteiger partial charge in [0.1, 0.15) is 5.69 Å². The maximum absolute atomic E-state index is 12.2.